The molecule has 0 aromatic carbocycles. The summed E-state index contributed by atoms with van der Waals surface area (Å²) in [6.07, 6.45) is 4.33. The Hall–Kier alpha value is -2.22. The van der Waals surface area contributed by atoms with Gasteiger partial charge in [0.25, 0.3) is 11.5 Å². The minimum atomic E-state index is -0.866. The molecule has 1 fully saturated rings. The number of aryl methyl sites for hydroxylation is 2. The second-order valence-electron chi connectivity index (χ2n) is 7.50. The summed E-state index contributed by atoms with van der Waals surface area (Å²) < 4.78 is 1.77. The Morgan fingerprint density at radius 3 is 2.70 bits per heavy atom. The molecule has 2 atom stereocenters. The van der Waals surface area contributed by atoms with Crippen molar-refractivity contribution in [3.63, 3.8) is 0 Å². The highest BCUT2D eigenvalue weighted by molar-refractivity contribution is 7.20. The molecule has 0 spiro atoms. The standard InChI is InChI=1S/C19H23N3O4S/c1-10-14-16(20-13-6-4-3-5-8-22(13)17(14)23)27-15(10)18(24)21-9-7-12(11(21)2)19(25)26/h11-12H,3-9H2,1-2H3,(H,25,26). The summed E-state index contributed by atoms with van der Waals surface area (Å²) in [5, 5.41) is 9.85. The summed E-state index contributed by atoms with van der Waals surface area (Å²) in [5.41, 5.74) is 0.616. The van der Waals surface area contributed by atoms with Gasteiger partial charge in [0.2, 0.25) is 0 Å². The number of carbonyl (C=O) groups excluding carboxylic acids is 1. The van der Waals surface area contributed by atoms with Crippen molar-refractivity contribution in [2.75, 3.05) is 6.54 Å². The summed E-state index contributed by atoms with van der Waals surface area (Å²) in [6, 6.07) is -0.356. The van der Waals surface area contributed by atoms with E-state index in [2.05, 4.69) is 0 Å². The van der Waals surface area contributed by atoms with Crippen LogP contribution in [0.5, 0.6) is 0 Å². The number of carbonyl (C=O) groups is 2. The molecule has 4 rings (SSSR count). The predicted molar refractivity (Wildman–Crippen MR) is 102 cm³/mol. The van der Waals surface area contributed by atoms with Crippen LogP contribution in [0.15, 0.2) is 4.79 Å². The van der Waals surface area contributed by atoms with Crippen LogP contribution in [0.2, 0.25) is 0 Å². The third kappa shape index (κ3) is 2.86. The number of fused-ring (bicyclic) bond motifs is 2. The molecule has 2 aromatic heterocycles. The first kappa shape index (κ1) is 18.2. The molecule has 2 aromatic rings. The lowest BCUT2D eigenvalue weighted by atomic mass is 10.0. The number of hydrogen-bond acceptors (Lipinski definition) is 5. The maximum atomic E-state index is 13.1. The van der Waals surface area contributed by atoms with E-state index in [4.69, 9.17) is 4.98 Å². The first-order valence-electron chi connectivity index (χ1n) is 9.46. The minimum absolute atomic E-state index is 0.0532. The van der Waals surface area contributed by atoms with Crippen LogP contribution in [0.1, 0.15) is 53.7 Å². The Labute approximate surface area is 160 Å². The third-order valence-electron chi connectivity index (χ3n) is 5.94. The van der Waals surface area contributed by atoms with Gasteiger partial charge in [-0.25, -0.2) is 4.98 Å². The molecule has 0 aliphatic carbocycles. The van der Waals surface area contributed by atoms with Crippen LogP contribution in [0.25, 0.3) is 10.2 Å². The molecule has 4 heterocycles. The van der Waals surface area contributed by atoms with E-state index in [1.807, 2.05) is 0 Å². The number of aromatic nitrogens is 2. The van der Waals surface area contributed by atoms with Crippen molar-refractivity contribution in [1.82, 2.24) is 14.5 Å². The van der Waals surface area contributed by atoms with Crippen molar-refractivity contribution in [2.45, 2.75) is 58.5 Å². The van der Waals surface area contributed by atoms with E-state index < -0.39 is 11.9 Å². The molecule has 0 bridgehead atoms. The van der Waals surface area contributed by atoms with Crippen molar-refractivity contribution in [2.24, 2.45) is 5.92 Å². The van der Waals surface area contributed by atoms with Crippen molar-refractivity contribution in [3.8, 4) is 0 Å². The Kier molecular flexibility index (Phi) is 4.53. The number of hydrogen-bond donors (Lipinski definition) is 1. The number of rotatable bonds is 2. The molecule has 1 saturated heterocycles. The van der Waals surface area contributed by atoms with Gasteiger partial charge in [0.15, 0.2) is 0 Å². The van der Waals surface area contributed by atoms with E-state index in [1.165, 1.54) is 11.3 Å². The maximum Gasteiger partial charge on any atom is 0.308 e. The zero-order valence-electron chi connectivity index (χ0n) is 15.5. The van der Waals surface area contributed by atoms with E-state index in [0.29, 0.717) is 40.2 Å². The highest BCUT2D eigenvalue weighted by atomic mass is 32.1. The predicted octanol–water partition coefficient (Wildman–Crippen LogP) is 2.43. The second kappa shape index (κ2) is 6.74. The quantitative estimate of drug-likeness (QED) is 0.852. The van der Waals surface area contributed by atoms with Gasteiger partial charge in [-0.05, 0) is 38.7 Å². The lowest BCUT2D eigenvalue weighted by molar-refractivity contribution is -0.142. The topological polar surface area (TPSA) is 92.5 Å². The van der Waals surface area contributed by atoms with E-state index in [9.17, 15) is 19.5 Å². The van der Waals surface area contributed by atoms with Gasteiger partial charge in [-0.3, -0.25) is 19.0 Å². The Balaban J connectivity index is 1.76. The fraction of sp³-hybridized carbons (Fsp3) is 0.579. The highest BCUT2D eigenvalue weighted by Gasteiger charge is 2.39. The van der Waals surface area contributed by atoms with Gasteiger partial charge >= 0.3 is 5.97 Å². The molecule has 1 amide bonds. The normalized spacial score (nSPS) is 22.7. The van der Waals surface area contributed by atoms with Crippen molar-refractivity contribution in [1.29, 1.82) is 0 Å². The van der Waals surface area contributed by atoms with Crippen LogP contribution < -0.4 is 5.56 Å². The number of amides is 1. The van der Waals surface area contributed by atoms with E-state index in [0.717, 1.165) is 31.5 Å². The fourth-order valence-corrected chi connectivity index (χ4v) is 5.45. The molecule has 2 aliphatic rings. The Bertz CT molecular complexity index is 993. The first-order chi connectivity index (χ1) is 12.9. The lowest BCUT2D eigenvalue weighted by Gasteiger charge is -2.23. The molecule has 27 heavy (non-hydrogen) atoms. The van der Waals surface area contributed by atoms with Crippen LogP contribution in [0.3, 0.4) is 0 Å². The summed E-state index contributed by atoms with van der Waals surface area (Å²) in [5.74, 6) is -0.782. The lowest BCUT2D eigenvalue weighted by Crippen LogP contribution is -2.37. The van der Waals surface area contributed by atoms with Crippen LogP contribution >= 0.6 is 11.3 Å². The number of thiophene rings is 1. The molecule has 7 nitrogen and oxygen atoms in total. The summed E-state index contributed by atoms with van der Waals surface area (Å²) in [7, 11) is 0. The van der Waals surface area contributed by atoms with Gasteiger partial charge in [-0.1, -0.05) is 6.42 Å². The summed E-state index contributed by atoms with van der Waals surface area (Å²) >= 11 is 1.26. The molecule has 2 unspecified atom stereocenters. The number of likely N-dealkylation sites (tertiary alicyclic amines) is 1. The number of nitrogens with zero attached hydrogens (tertiary/aromatic N) is 3. The molecule has 144 valence electrons. The molecule has 0 radical (unpaired) electrons. The van der Waals surface area contributed by atoms with E-state index >= 15 is 0 Å². The SMILES string of the molecule is Cc1c(C(=O)N2CCC(C(=O)O)C2C)sc2nc3n(c(=O)c12)CCCCC3. The molecular weight excluding hydrogens is 366 g/mol. The minimum Gasteiger partial charge on any atom is -0.481 e. The summed E-state index contributed by atoms with van der Waals surface area (Å²) in [4.78, 5) is 45.0. The molecular formula is C19H23N3O4S. The highest BCUT2D eigenvalue weighted by Crippen LogP contribution is 2.32. The van der Waals surface area contributed by atoms with Crippen LogP contribution in [0, 0.1) is 12.8 Å². The van der Waals surface area contributed by atoms with Gasteiger partial charge in [0.1, 0.15) is 10.7 Å². The van der Waals surface area contributed by atoms with Gasteiger partial charge in [0.05, 0.1) is 16.2 Å². The molecule has 0 saturated carbocycles. The molecule has 2 aliphatic heterocycles. The van der Waals surface area contributed by atoms with Crippen LogP contribution in [-0.4, -0.2) is 44.0 Å². The number of carboxylic acids is 1. The second-order valence-corrected chi connectivity index (χ2v) is 8.50. The van der Waals surface area contributed by atoms with Crippen molar-refractivity contribution >= 4 is 33.4 Å². The van der Waals surface area contributed by atoms with Gasteiger partial charge < -0.3 is 10.0 Å². The zero-order valence-corrected chi connectivity index (χ0v) is 16.3. The van der Waals surface area contributed by atoms with Crippen molar-refractivity contribution in [3.05, 3.63) is 26.6 Å². The average Bonchev–Trinajstić information content (AvgIpc) is 3.06. The molecule has 1 N–H and O–H groups in total. The van der Waals surface area contributed by atoms with E-state index in [1.54, 1.807) is 23.3 Å². The smallest absolute Gasteiger partial charge is 0.308 e. The largest absolute Gasteiger partial charge is 0.481 e. The number of aliphatic carboxylic acids is 1. The maximum absolute atomic E-state index is 13.1. The average molecular weight is 389 g/mol. The molecule has 8 heteroatoms. The van der Waals surface area contributed by atoms with E-state index in [-0.39, 0.29) is 17.5 Å². The Morgan fingerprint density at radius 2 is 2.00 bits per heavy atom. The summed E-state index contributed by atoms with van der Waals surface area (Å²) in [6.45, 7) is 4.68. The van der Waals surface area contributed by atoms with Crippen LogP contribution in [0.4, 0.5) is 0 Å². The zero-order chi connectivity index (χ0) is 19.3. The van der Waals surface area contributed by atoms with Gasteiger partial charge in [-0.15, -0.1) is 11.3 Å². The third-order valence-corrected chi connectivity index (χ3v) is 7.11. The Morgan fingerprint density at radius 1 is 1.22 bits per heavy atom. The van der Waals surface area contributed by atoms with Gasteiger partial charge in [-0.2, -0.15) is 0 Å². The fourth-order valence-electron chi connectivity index (χ4n) is 4.30. The monoisotopic (exact) mass is 389 g/mol. The van der Waals surface area contributed by atoms with Gasteiger partial charge in [0, 0.05) is 25.6 Å². The van der Waals surface area contributed by atoms with Crippen LogP contribution in [-0.2, 0) is 17.8 Å². The first-order valence-corrected chi connectivity index (χ1v) is 10.3. The number of carboxylic acid groups (broad SMARTS) is 1. The van der Waals surface area contributed by atoms with Crippen molar-refractivity contribution < 1.29 is 14.7 Å².